The molecule has 0 aliphatic carbocycles. The molecule has 0 saturated heterocycles. The average molecular weight is 356 g/mol. The zero-order chi connectivity index (χ0) is 17.9. The molecule has 1 amide bonds. The molecule has 132 valence electrons. The van der Waals surface area contributed by atoms with E-state index in [9.17, 15) is 4.79 Å². The van der Waals surface area contributed by atoms with Gasteiger partial charge in [-0.05, 0) is 48.8 Å². The predicted molar refractivity (Wildman–Crippen MR) is 105 cm³/mol. The van der Waals surface area contributed by atoms with Crippen molar-refractivity contribution in [2.24, 2.45) is 0 Å². The van der Waals surface area contributed by atoms with Crippen molar-refractivity contribution in [3.05, 3.63) is 65.7 Å². The van der Waals surface area contributed by atoms with E-state index in [1.807, 2.05) is 30.3 Å². The molecule has 0 fully saturated rings. The van der Waals surface area contributed by atoms with Crippen LogP contribution in [0.4, 0.5) is 0 Å². The SMILES string of the molecule is CCCCOc1cccc(C(=O)NC(=S)NCCc2ccccc2)c1. The Morgan fingerprint density at radius 3 is 2.68 bits per heavy atom. The van der Waals surface area contributed by atoms with Crippen molar-refractivity contribution in [2.75, 3.05) is 13.2 Å². The van der Waals surface area contributed by atoms with E-state index in [4.69, 9.17) is 17.0 Å². The molecule has 2 aromatic rings. The maximum Gasteiger partial charge on any atom is 0.257 e. The molecule has 25 heavy (non-hydrogen) atoms. The molecule has 2 N–H and O–H groups in total. The van der Waals surface area contributed by atoms with Crippen molar-refractivity contribution in [3.63, 3.8) is 0 Å². The van der Waals surface area contributed by atoms with Crippen LogP contribution in [0.3, 0.4) is 0 Å². The smallest absolute Gasteiger partial charge is 0.257 e. The lowest BCUT2D eigenvalue weighted by Crippen LogP contribution is -2.40. The maximum atomic E-state index is 12.3. The van der Waals surface area contributed by atoms with Crippen molar-refractivity contribution in [2.45, 2.75) is 26.2 Å². The first-order valence-electron chi connectivity index (χ1n) is 8.55. The summed E-state index contributed by atoms with van der Waals surface area (Å²) in [6.45, 7) is 3.43. The molecule has 2 aromatic carbocycles. The predicted octanol–water partition coefficient (Wildman–Crippen LogP) is 3.71. The molecule has 2 rings (SSSR count). The first kappa shape index (κ1) is 18.9. The number of amides is 1. The molecule has 0 saturated carbocycles. The van der Waals surface area contributed by atoms with E-state index in [0.29, 0.717) is 29.6 Å². The van der Waals surface area contributed by atoms with E-state index >= 15 is 0 Å². The van der Waals surface area contributed by atoms with Crippen molar-refractivity contribution < 1.29 is 9.53 Å². The lowest BCUT2D eigenvalue weighted by molar-refractivity contribution is 0.0976. The Morgan fingerprint density at radius 2 is 1.92 bits per heavy atom. The van der Waals surface area contributed by atoms with Gasteiger partial charge in [-0.25, -0.2) is 0 Å². The Hall–Kier alpha value is -2.40. The summed E-state index contributed by atoms with van der Waals surface area (Å²) in [5, 5.41) is 6.09. The zero-order valence-corrected chi connectivity index (χ0v) is 15.3. The number of carbonyl (C=O) groups is 1. The summed E-state index contributed by atoms with van der Waals surface area (Å²) < 4.78 is 5.63. The fourth-order valence-corrected chi connectivity index (χ4v) is 2.44. The van der Waals surface area contributed by atoms with E-state index in [-0.39, 0.29) is 5.91 Å². The van der Waals surface area contributed by atoms with Gasteiger partial charge in [-0.1, -0.05) is 49.7 Å². The number of thiocarbonyl (C=S) groups is 1. The summed E-state index contributed by atoms with van der Waals surface area (Å²) >= 11 is 5.19. The molecule has 0 spiro atoms. The van der Waals surface area contributed by atoms with Gasteiger partial charge in [0.05, 0.1) is 6.61 Å². The molecule has 0 atom stereocenters. The fraction of sp³-hybridized carbons (Fsp3) is 0.300. The third-order valence-electron chi connectivity index (χ3n) is 3.63. The van der Waals surface area contributed by atoms with Crippen LogP contribution in [-0.2, 0) is 6.42 Å². The van der Waals surface area contributed by atoms with Gasteiger partial charge in [0.2, 0.25) is 0 Å². The van der Waals surface area contributed by atoms with Crippen LogP contribution in [0.15, 0.2) is 54.6 Å². The summed E-state index contributed by atoms with van der Waals surface area (Å²) in [5.41, 5.74) is 1.75. The summed E-state index contributed by atoms with van der Waals surface area (Å²) in [4.78, 5) is 12.3. The number of nitrogens with one attached hydrogen (secondary N) is 2. The number of unbranched alkanes of at least 4 members (excludes halogenated alkanes) is 1. The summed E-state index contributed by atoms with van der Waals surface area (Å²) in [5.74, 6) is 0.460. The van der Waals surface area contributed by atoms with Crippen LogP contribution in [0.1, 0.15) is 35.7 Å². The molecule has 0 aliphatic heterocycles. The van der Waals surface area contributed by atoms with E-state index in [1.165, 1.54) is 5.56 Å². The second-order valence-corrected chi connectivity index (χ2v) is 6.08. The van der Waals surface area contributed by atoms with Gasteiger partial charge in [0, 0.05) is 12.1 Å². The van der Waals surface area contributed by atoms with Gasteiger partial charge < -0.3 is 10.1 Å². The van der Waals surface area contributed by atoms with Gasteiger partial charge in [0.15, 0.2) is 5.11 Å². The Balaban J connectivity index is 1.78. The third-order valence-corrected chi connectivity index (χ3v) is 3.88. The monoisotopic (exact) mass is 356 g/mol. The third kappa shape index (κ3) is 6.93. The second kappa shape index (κ2) is 10.5. The first-order valence-corrected chi connectivity index (χ1v) is 8.96. The van der Waals surface area contributed by atoms with E-state index in [1.54, 1.807) is 12.1 Å². The molecule has 0 heterocycles. The number of hydrogen-bond donors (Lipinski definition) is 2. The number of benzene rings is 2. The number of rotatable bonds is 8. The molecule has 0 bridgehead atoms. The molecule has 5 heteroatoms. The Kier molecular flexibility index (Phi) is 7.92. The van der Waals surface area contributed by atoms with Gasteiger partial charge in [0.1, 0.15) is 5.75 Å². The summed E-state index contributed by atoms with van der Waals surface area (Å²) in [6.07, 6.45) is 2.91. The molecule has 0 aliphatic rings. The normalized spacial score (nSPS) is 10.1. The van der Waals surface area contributed by atoms with Gasteiger partial charge in [-0.2, -0.15) is 0 Å². The first-order chi connectivity index (χ1) is 12.2. The molecule has 0 unspecified atom stereocenters. The highest BCUT2D eigenvalue weighted by atomic mass is 32.1. The van der Waals surface area contributed by atoms with Gasteiger partial charge in [0.25, 0.3) is 5.91 Å². The Morgan fingerprint density at radius 1 is 1.12 bits per heavy atom. The van der Waals surface area contributed by atoms with Crippen molar-refractivity contribution in [1.29, 1.82) is 0 Å². The van der Waals surface area contributed by atoms with Gasteiger partial charge in [-0.3, -0.25) is 10.1 Å². The van der Waals surface area contributed by atoms with E-state index in [2.05, 4.69) is 29.7 Å². The Labute approximate surface area is 154 Å². The summed E-state index contributed by atoms with van der Waals surface area (Å²) in [7, 11) is 0. The average Bonchev–Trinajstić information content (AvgIpc) is 2.63. The van der Waals surface area contributed by atoms with Crippen LogP contribution < -0.4 is 15.4 Å². The highest BCUT2D eigenvalue weighted by Gasteiger charge is 2.08. The van der Waals surface area contributed by atoms with E-state index < -0.39 is 0 Å². The molecular formula is C20H24N2O2S. The van der Waals surface area contributed by atoms with Crippen LogP contribution in [0.5, 0.6) is 5.75 Å². The Bertz CT molecular complexity index is 689. The minimum Gasteiger partial charge on any atom is -0.494 e. The van der Waals surface area contributed by atoms with Gasteiger partial charge >= 0.3 is 0 Å². The molecular weight excluding hydrogens is 332 g/mol. The lowest BCUT2D eigenvalue weighted by Gasteiger charge is -2.11. The molecule has 4 nitrogen and oxygen atoms in total. The second-order valence-electron chi connectivity index (χ2n) is 5.68. The standard InChI is InChI=1S/C20H24N2O2S/c1-2-3-14-24-18-11-7-10-17(15-18)19(23)22-20(25)21-13-12-16-8-5-4-6-9-16/h4-11,15H,2-3,12-14H2,1H3,(H2,21,22,23,25). The highest BCUT2D eigenvalue weighted by molar-refractivity contribution is 7.80. The molecule has 0 aromatic heterocycles. The fourth-order valence-electron chi connectivity index (χ4n) is 2.25. The van der Waals surface area contributed by atoms with Crippen LogP contribution in [0.25, 0.3) is 0 Å². The highest BCUT2D eigenvalue weighted by Crippen LogP contribution is 2.13. The molecule has 0 radical (unpaired) electrons. The quantitative estimate of drug-likeness (QED) is 0.559. The van der Waals surface area contributed by atoms with Gasteiger partial charge in [-0.15, -0.1) is 0 Å². The minimum absolute atomic E-state index is 0.238. The lowest BCUT2D eigenvalue weighted by atomic mass is 10.1. The number of carbonyl (C=O) groups excluding carboxylic acids is 1. The number of hydrogen-bond acceptors (Lipinski definition) is 3. The zero-order valence-electron chi connectivity index (χ0n) is 14.5. The van der Waals surface area contributed by atoms with Crippen LogP contribution >= 0.6 is 12.2 Å². The van der Waals surface area contributed by atoms with E-state index in [0.717, 1.165) is 19.3 Å². The largest absolute Gasteiger partial charge is 0.494 e. The summed E-state index contributed by atoms with van der Waals surface area (Å²) in [6, 6.07) is 17.3. The van der Waals surface area contributed by atoms with Crippen LogP contribution in [0.2, 0.25) is 0 Å². The van der Waals surface area contributed by atoms with Crippen molar-refractivity contribution in [1.82, 2.24) is 10.6 Å². The topological polar surface area (TPSA) is 50.4 Å². The van der Waals surface area contributed by atoms with Crippen LogP contribution in [0, 0.1) is 0 Å². The van der Waals surface area contributed by atoms with Crippen LogP contribution in [-0.4, -0.2) is 24.2 Å². The number of ether oxygens (including phenoxy) is 1. The minimum atomic E-state index is -0.238. The van der Waals surface area contributed by atoms with Crippen molar-refractivity contribution in [3.8, 4) is 5.75 Å². The van der Waals surface area contributed by atoms with Crippen molar-refractivity contribution >= 4 is 23.2 Å². The maximum absolute atomic E-state index is 12.3.